The van der Waals surface area contributed by atoms with Gasteiger partial charge in [-0.3, -0.25) is 0 Å². The number of rotatable bonds is 3. The molecule has 2 aromatic rings. The van der Waals surface area contributed by atoms with Gasteiger partial charge in [0.05, 0.1) is 4.88 Å². The van der Waals surface area contributed by atoms with Gasteiger partial charge >= 0.3 is 0 Å². The van der Waals surface area contributed by atoms with Crippen LogP contribution in [0.15, 0.2) is 18.3 Å². The summed E-state index contributed by atoms with van der Waals surface area (Å²) in [4.78, 5) is 5.71. The highest BCUT2D eigenvalue weighted by Crippen LogP contribution is 2.32. The maximum absolute atomic E-state index is 4.44. The fourth-order valence-corrected chi connectivity index (χ4v) is 3.33. The number of aryl methyl sites for hydroxylation is 3. The van der Waals surface area contributed by atoms with E-state index < -0.39 is 0 Å². The van der Waals surface area contributed by atoms with Crippen LogP contribution in [0.1, 0.15) is 21.7 Å². The molecule has 0 saturated heterocycles. The van der Waals surface area contributed by atoms with Gasteiger partial charge in [-0.1, -0.05) is 17.7 Å². The Kier molecular flexibility index (Phi) is 3.60. The smallest absolute Gasteiger partial charge is 0.107 e. The minimum absolute atomic E-state index is 0.842. The summed E-state index contributed by atoms with van der Waals surface area (Å²) in [5.41, 5.74) is 5.34. The lowest BCUT2D eigenvalue weighted by molar-refractivity contribution is 0.810. The van der Waals surface area contributed by atoms with Crippen molar-refractivity contribution in [2.75, 3.05) is 7.05 Å². The van der Waals surface area contributed by atoms with Gasteiger partial charge in [-0.05, 0) is 44.5 Å². The number of nitrogens with one attached hydrogen (secondary N) is 1. The first-order chi connectivity index (χ1) is 8.11. The first-order valence-corrected chi connectivity index (χ1v) is 6.61. The maximum Gasteiger partial charge on any atom is 0.107 e. The molecule has 1 aromatic carbocycles. The molecule has 0 aliphatic heterocycles. The van der Waals surface area contributed by atoms with Crippen LogP contribution >= 0.6 is 11.3 Å². The number of hydrogen-bond acceptors (Lipinski definition) is 3. The molecule has 0 fully saturated rings. The van der Waals surface area contributed by atoms with E-state index in [0.717, 1.165) is 11.6 Å². The van der Waals surface area contributed by atoms with Crippen LogP contribution in [0, 0.1) is 20.8 Å². The van der Waals surface area contributed by atoms with Gasteiger partial charge in [-0.15, -0.1) is 11.3 Å². The van der Waals surface area contributed by atoms with Gasteiger partial charge in [0.1, 0.15) is 5.01 Å². The normalized spacial score (nSPS) is 10.8. The molecule has 1 N–H and O–H groups in total. The van der Waals surface area contributed by atoms with Crippen LogP contribution in [0.5, 0.6) is 0 Å². The minimum atomic E-state index is 0.842. The van der Waals surface area contributed by atoms with Crippen molar-refractivity contribution in [3.8, 4) is 10.4 Å². The Labute approximate surface area is 107 Å². The molecule has 2 nitrogen and oxygen atoms in total. The highest BCUT2D eigenvalue weighted by molar-refractivity contribution is 7.15. The number of thiazole rings is 1. The molecule has 0 unspecified atom stereocenters. The van der Waals surface area contributed by atoms with Crippen molar-refractivity contribution in [3.05, 3.63) is 40.0 Å². The largest absolute Gasteiger partial charge is 0.314 e. The van der Waals surface area contributed by atoms with Crippen LogP contribution in [0.2, 0.25) is 0 Å². The summed E-state index contributed by atoms with van der Waals surface area (Å²) >= 11 is 1.77. The first-order valence-electron chi connectivity index (χ1n) is 5.79. The Bertz CT molecular complexity index is 506. The Morgan fingerprint density at radius 2 is 1.82 bits per heavy atom. The van der Waals surface area contributed by atoms with Crippen molar-refractivity contribution in [2.24, 2.45) is 0 Å². The van der Waals surface area contributed by atoms with Crippen molar-refractivity contribution in [2.45, 2.75) is 27.3 Å². The van der Waals surface area contributed by atoms with E-state index in [4.69, 9.17) is 0 Å². The topological polar surface area (TPSA) is 24.9 Å². The van der Waals surface area contributed by atoms with Crippen LogP contribution in [0.3, 0.4) is 0 Å². The fourth-order valence-electron chi connectivity index (χ4n) is 2.23. The highest BCUT2D eigenvalue weighted by atomic mass is 32.1. The predicted octanol–water partition coefficient (Wildman–Crippen LogP) is 3.45. The molecule has 3 heteroatoms. The van der Waals surface area contributed by atoms with Crippen molar-refractivity contribution < 1.29 is 0 Å². The van der Waals surface area contributed by atoms with Gasteiger partial charge in [0.2, 0.25) is 0 Å². The van der Waals surface area contributed by atoms with Crippen LogP contribution in [-0.2, 0) is 6.54 Å². The third kappa shape index (κ3) is 2.56. The van der Waals surface area contributed by atoms with E-state index in [9.17, 15) is 0 Å². The van der Waals surface area contributed by atoms with Crippen LogP contribution < -0.4 is 5.32 Å². The standard InChI is InChI=1S/C14H18N2S/c1-9-5-10(2)14(11(3)6-9)12-7-16-13(17-12)8-15-4/h5-7,15H,8H2,1-4H3. The zero-order valence-electron chi connectivity index (χ0n) is 10.8. The van der Waals surface area contributed by atoms with Crippen molar-refractivity contribution >= 4 is 11.3 Å². The summed E-state index contributed by atoms with van der Waals surface area (Å²) in [7, 11) is 1.95. The molecule has 90 valence electrons. The van der Waals surface area contributed by atoms with Crippen LogP contribution in [-0.4, -0.2) is 12.0 Å². The molecule has 0 atom stereocenters. The Morgan fingerprint density at radius 1 is 1.18 bits per heavy atom. The SMILES string of the molecule is CNCc1ncc(-c2c(C)cc(C)cc2C)s1. The summed E-state index contributed by atoms with van der Waals surface area (Å²) < 4.78 is 0. The number of hydrogen-bond donors (Lipinski definition) is 1. The number of aromatic nitrogens is 1. The fraction of sp³-hybridized carbons (Fsp3) is 0.357. The minimum Gasteiger partial charge on any atom is -0.314 e. The molecule has 0 radical (unpaired) electrons. The van der Waals surface area contributed by atoms with Gasteiger partial charge in [0, 0.05) is 12.7 Å². The van der Waals surface area contributed by atoms with E-state index >= 15 is 0 Å². The highest BCUT2D eigenvalue weighted by Gasteiger charge is 2.10. The third-order valence-corrected chi connectivity index (χ3v) is 3.82. The quantitative estimate of drug-likeness (QED) is 0.897. The van der Waals surface area contributed by atoms with E-state index in [1.165, 1.54) is 27.1 Å². The molecule has 1 aromatic heterocycles. The van der Waals surface area contributed by atoms with Crippen LogP contribution in [0.4, 0.5) is 0 Å². The summed E-state index contributed by atoms with van der Waals surface area (Å²) in [6.45, 7) is 7.33. The second-order valence-corrected chi connectivity index (χ2v) is 5.54. The van der Waals surface area contributed by atoms with E-state index in [2.05, 4.69) is 43.2 Å². The molecule has 0 saturated carbocycles. The van der Waals surface area contributed by atoms with E-state index in [1.54, 1.807) is 11.3 Å². The number of nitrogens with zero attached hydrogens (tertiary/aromatic N) is 1. The summed E-state index contributed by atoms with van der Waals surface area (Å²) in [5, 5.41) is 4.28. The molecule has 17 heavy (non-hydrogen) atoms. The summed E-state index contributed by atoms with van der Waals surface area (Å²) in [5.74, 6) is 0. The molecular weight excluding hydrogens is 228 g/mol. The zero-order valence-corrected chi connectivity index (χ0v) is 11.6. The average molecular weight is 246 g/mol. The van der Waals surface area contributed by atoms with Crippen molar-refractivity contribution in [3.63, 3.8) is 0 Å². The monoisotopic (exact) mass is 246 g/mol. The maximum atomic E-state index is 4.44. The molecule has 0 aliphatic carbocycles. The van der Waals surface area contributed by atoms with Gasteiger partial charge in [-0.25, -0.2) is 4.98 Å². The second-order valence-electron chi connectivity index (χ2n) is 4.42. The molecule has 0 amide bonds. The molecule has 0 spiro atoms. The molecule has 2 rings (SSSR count). The lowest BCUT2D eigenvalue weighted by Crippen LogP contribution is -2.03. The molecule has 1 heterocycles. The second kappa shape index (κ2) is 4.98. The van der Waals surface area contributed by atoms with Gasteiger partial charge in [-0.2, -0.15) is 0 Å². The predicted molar refractivity (Wildman–Crippen MR) is 74.5 cm³/mol. The van der Waals surface area contributed by atoms with Gasteiger partial charge in [0.15, 0.2) is 0 Å². The van der Waals surface area contributed by atoms with Crippen molar-refractivity contribution in [1.29, 1.82) is 0 Å². The molecule has 0 aliphatic rings. The Balaban J connectivity index is 2.45. The lowest BCUT2D eigenvalue weighted by Gasteiger charge is -2.08. The Morgan fingerprint density at radius 3 is 2.41 bits per heavy atom. The molecule has 0 bridgehead atoms. The van der Waals surface area contributed by atoms with E-state index in [-0.39, 0.29) is 0 Å². The summed E-state index contributed by atoms with van der Waals surface area (Å²) in [6.07, 6.45) is 1.99. The van der Waals surface area contributed by atoms with E-state index in [1.807, 2.05) is 13.2 Å². The third-order valence-electron chi connectivity index (χ3n) is 2.80. The Hall–Kier alpha value is -1.19. The average Bonchev–Trinajstić information content (AvgIpc) is 2.65. The molecular formula is C14H18N2S. The first kappa shape index (κ1) is 12.3. The van der Waals surface area contributed by atoms with Crippen LogP contribution in [0.25, 0.3) is 10.4 Å². The zero-order chi connectivity index (χ0) is 12.4. The lowest BCUT2D eigenvalue weighted by atomic mass is 9.99. The number of benzene rings is 1. The van der Waals surface area contributed by atoms with Gasteiger partial charge < -0.3 is 5.32 Å². The van der Waals surface area contributed by atoms with Gasteiger partial charge in [0.25, 0.3) is 0 Å². The van der Waals surface area contributed by atoms with E-state index in [0.29, 0.717) is 0 Å². The van der Waals surface area contributed by atoms with Crippen molar-refractivity contribution in [1.82, 2.24) is 10.3 Å². The summed E-state index contributed by atoms with van der Waals surface area (Å²) in [6, 6.07) is 4.47.